The molecule has 0 amide bonds. The van der Waals surface area contributed by atoms with E-state index in [0.29, 0.717) is 18.0 Å². The van der Waals surface area contributed by atoms with Gasteiger partial charge >= 0.3 is 0 Å². The van der Waals surface area contributed by atoms with Crippen molar-refractivity contribution < 1.29 is 5.11 Å². The first-order chi connectivity index (χ1) is 7.00. The second kappa shape index (κ2) is 4.06. The second-order valence-electron chi connectivity index (χ2n) is 6.12. The summed E-state index contributed by atoms with van der Waals surface area (Å²) in [6.07, 6.45) is 6.78. The van der Waals surface area contributed by atoms with Gasteiger partial charge < -0.3 is 10.0 Å². The third-order valence-electron chi connectivity index (χ3n) is 4.40. The molecule has 0 spiro atoms. The lowest BCUT2D eigenvalue weighted by atomic mass is 9.81. The fourth-order valence-corrected chi connectivity index (χ4v) is 3.30. The first kappa shape index (κ1) is 11.4. The summed E-state index contributed by atoms with van der Waals surface area (Å²) in [6.45, 7) is 4.49. The Hall–Kier alpha value is -0.0800. The van der Waals surface area contributed by atoms with Crippen LogP contribution >= 0.6 is 0 Å². The maximum Gasteiger partial charge on any atom is 0.0677 e. The molecule has 2 nitrogen and oxygen atoms in total. The van der Waals surface area contributed by atoms with Gasteiger partial charge in [-0.05, 0) is 51.5 Å². The Bertz CT molecular complexity index is 213. The molecule has 0 aromatic carbocycles. The summed E-state index contributed by atoms with van der Waals surface area (Å²) < 4.78 is 0. The minimum absolute atomic E-state index is 0.345. The summed E-state index contributed by atoms with van der Waals surface area (Å²) in [6, 6.07) is 1.31. The van der Waals surface area contributed by atoms with Crippen molar-refractivity contribution in [1.82, 2.24) is 4.90 Å². The third-order valence-corrected chi connectivity index (χ3v) is 4.40. The number of piperidine rings is 1. The Kier molecular flexibility index (Phi) is 3.09. The Morgan fingerprint density at radius 2 is 1.80 bits per heavy atom. The molecular weight excluding hydrogens is 186 g/mol. The number of nitrogens with zero attached hydrogens (tertiary/aromatic N) is 1. The van der Waals surface area contributed by atoms with Crippen molar-refractivity contribution in [2.45, 2.75) is 70.1 Å². The standard InChI is InChI=1S/C13H25NO/c1-10(2)6-7-13(15)8-11-4-5-12(9-13)14(11)3/h10-12,15H,4-9H2,1-3H3. The van der Waals surface area contributed by atoms with Crippen molar-refractivity contribution in [3.63, 3.8) is 0 Å². The third kappa shape index (κ3) is 2.36. The molecule has 2 aliphatic heterocycles. The van der Waals surface area contributed by atoms with E-state index in [1.54, 1.807) is 0 Å². The van der Waals surface area contributed by atoms with E-state index in [4.69, 9.17) is 0 Å². The van der Waals surface area contributed by atoms with Crippen LogP contribution in [0.2, 0.25) is 0 Å². The Labute approximate surface area is 93.7 Å². The highest BCUT2D eigenvalue weighted by Crippen LogP contribution is 2.42. The quantitative estimate of drug-likeness (QED) is 0.775. The molecule has 0 aromatic heterocycles. The first-order valence-corrected chi connectivity index (χ1v) is 6.44. The Morgan fingerprint density at radius 1 is 1.27 bits per heavy atom. The minimum Gasteiger partial charge on any atom is -0.390 e. The molecule has 88 valence electrons. The van der Waals surface area contributed by atoms with Crippen molar-refractivity contribution in [2.24, 2.45) is 5.92 Å². The Morgan fingerprint density at radius 3 is 2.27 bits per heavy atom. The predicted molar refractivity (Wildman–Crippen MR) is 62.8 cm³/mol. The van der Waals surface area contributed by atoms with Crippen LogP contribution in [0.5, 0.6) is 0 Å². The van der Waals surface area contributed by atoms with Gasteiger partial charge in [-0.1, -0.05) is 13.8 Å². The fraction of sp³-hybridized carbons (Fsp3) is 1.00. The number of hydrogen-bond acceptors (Lipinski definition) is 2. The van der Waals surface area contributed by atoms with Gasteiger partial charge in [-0.3, -0.25) is 0 Å². The molecule has 0 aliphatic carbocycles. The van der Waals surface area contributed by atoms with Crippen LogP contribution < -0.4 is 0 Å². The van der Waals surface area contributed by atoms with Gasteiger partial charge in [0.2, 0.25) is 0 Å². The first-order valence-electron chi connectivity index (χ1n) is 6.44. The molecule has 0 radical (unpaired) electrons. The molecule has 2 atom stereocenters. The van der Waals surface area contributed by atoms with E-state index in [2.05, 4.69) is 25.8 Å². The van der Waals surface area contributed by atoms with Gasteiger partial charge in [-0.15, -0.1) is 0 Å². The molecule has 2 rings (SSSR count). The highest BCUT2D eigenvalue weighted by Gasteiger charge is 2.45. The molecule has 15 heavy (non-hydrogen) atoms. The summed E-state index contributed by atoms with van der Waals surface area (Å²) in [5, 5.41) is 10.6. The number of rotatable bonds is 3. The van der Waals surface area contributed by atoms with E-state index in [1.807, 2.05) is 0 Å². The van der Waals surface area contributed by atoms with Crippen LogP contribution in [0, 0.1) is 5.92 Å². The average molecular weight is 211 g/mol. The second-order valence-corrected chi connectivity index (χ2v) is 6.12. The summed E-state index contributed by atoms with van der Waals surface area (Å²) in [5.74, 6) is 0.714. The summed E-state index contributed by atoms with van der Waals surface area (Å²) in [4.78, 5) is 2.49. The lowest BCUT2D eigenvalue weighted by molar-refractivity contribution is -0.0529. The van der Waals surface area contributed by atoms with Crippen LogP contribution in [0.3, 0.4) is 0 Å². The molecule has 2 fully saturated rings. The largest absolute Gasteiger partial charge is 0.390 e. The van der Waals surface area contributed by atoms with Gasteiger partial charge in [-0.2, -0.15) is 0 Å². The van der Waals surface area contributed by atoms with Gasteiger partial charge in [0.15, 0.2) is 0 Å². The van der Waals surface area contributed by atoms with Crippen molar-refractivity contribution >= 4 is 0 Å². The van der Waals surface area contributed by atoms with Gasteiger partial charge in [0, 0.05) is 12.1 Å². The van der Waals surface area contributed by atoms with Crippen molar-refractivity contribution in [3.05, 3.63) is 0 Å². The molecule has 2 aliphatic rings. The van der Waals surface area contributed by atoms with Gasteiger partial charge in [-0.25, -0.2) is 0 Å². The molecule has 0 saturated carbocycles. The molecule has 2 heterocycles. The van der Waals surface area contributed by atoms with Crippen LogP contribution in [0.4, 0.5) is 0 Å². The predicted octanol–water partition coefficient (Wildman–Crippen LogP) is 2.41. The van der Waals surface area contributed by atoms with Crippen molar-refractivity contribution in [2.75, 3.05) is 7.05 Å². The van der Waals surface area contributed by atoms with Gasteiger partial charge in [0.1, 0.15) is 0 Å². The minimum atomic E-state index is -0.345. The topological polar surface area (TPSA) is 23.5 Å². The number of aliphatic hydroxyl groups is 1. The summed E-state index contributed by atoms with van der Waals surface area (Å²) in [7, 11) is 2.23. The molecule has 2 unspecified atom stereocenters. The van der Waals surface area contributed by atoms with Crippen LogP contribution in [-0.4, -0.2) is 34.7 Å². The molecule has 2 heteroatoms. The van der Waals surface area contributed by atoms with Crippen molar-refractivity contribution in [1.29, 1.82) is 0 Å². The number of fused-ring (bicyclic) bond motifs is 2. The maximum atomic E-state index is 10.6. The highest BCUT2D eigenvalue weighted by atomic mass is 16.3. The van der Waals surface area contributed by atoms with Gasteiger partial charge in [0.05, 0.1) is 5.60 Å². The van der Waals surface area contributed by atoms with E-state index in [-0.39, 0.29) is 5.60 Å². The van der Waals surface area contributed by atoms with Crippen LogP contribution in [0.1, 0.15) is 52.4 Å². The molecule has 2 saturated heterocycles. The zero-order valence-electron chi connectivity index (χ0n) is 10.4. The van der Waals surface area contributed by atoms with Crippen LogP contribution in [0.15, 0.2) is 0 Å². The van der Waals surface area contributed by atoms with Crippen molar-refractivity contribution in [3.8, 4) is 0 Å². The van der Waals surface area contributed by atoms with E-state index < -0.39 is 0 Å². The molecule has 0 aromatic rings. The maximum absolute atomic E-state index is 10.6. The zero-order valence-corrected chi connectivity index (χ0v) is 10.4. The lowest BCUT2D eigenvalue weighted by Crippen LogP contribution is -2.49. The SMILES string of the molecule is CC(C)CCC1(O)CC2CCC(C1)N2C. The monoisotopic (exact) mass is 211 g/mol. The molecule has 2 bridgehead atoms. The molecular formula is C13H25NO. The van der Waals surface area contributed by atoms with Gasteiger partial charge in [0.25, 0.3) is 0 Å². The van der Waals surface area contributed by atoms with E-state index >= 15 is 0 Å². The smallest absolute Gasteiger partial charge is 0.0677 e. The average Bonchev–Trinajstić information content (AvgIpc) is 2.39. The summed E-state index contributed by atoms with van der Waals surface area (Å²) in [5.41, 5.74) is -0.345. The van der Waals surface area contributed by atoms with E-state index in [1.165, 1.54) is 19.3 Å². The normalized spacial score (nSPS) is 41.4. The fourth-order valence-electron chi connectivity index (χ4n) is 3.30. The number of hydrogen-bond donors (Lipinski definition) is 1. The Balaban J connectivity index is 1.94. The lowest BCUT2D eigenvalue weighted by Gasteiger charge is -2.42. The highest BCUT2D eigenvalue weighted by molar-refractivity contribution is 5.00. The van der Waals surface area contributed by atoms with E-state index in [0.717, 1.165) is 19.3 Å². The van der Waals surface area contributed by atoms with E-state index in [9.17, 15) is 5.11 Å². The van der Waals surface area contributed by atoms with Crippen LogP contribution in [-0.2, 0) is 0 Å². The van der Waals surface area contributed by atoms with Crippen LogP contribution in [0.25, 0.3) is 0 Å². The molecule has 1 N–H and O–H groups in total. The zero-order chi connectivity index (χ0) is 11.1. The summed E-state index contributed by atoms with van der Waals surface area (Å²) >= 11 is 0.